The molecule has 3 aromatic rings. The van der Waals surface area contributed by atoms with Gasteiger partial charge in [0.25, 0.3) is 0 Å². The van der Waals surface area contributed by atoms with E-state index in [0.29, 0.717) is 0 Å². The lowest BCUT2D eigenvalue weighted by molar-refractivity contribution is 0.160. The molecule has 3 N–H and O–H groups in total. The second kappa shape index (κ2) is 6.14. The van der Waals surface area contributed by atoms with E-state index >= 15 is 0 Å². The number of hydrogen-bond acceptors (Lipinski definition) is 6. The molecule has 120 valence electrons. The smallest absolute Gasteiger partial charge is 0.138 e. The first kappa shape index (κ1) is 15.7. The van der Waals surface area contributed by atoms with Crippen molar-refractivity contribution in [2.75, 3.05) is 5.32 Å². The van der Waals surface area contributed by atoms with Crippen molar-refractivity contribution in [2.45, 2.75) is 32.9 Å². The monoisotopic (exact) mass is 329 g/mol. The number of nitrogens with one attached hydrogen (secondary N) is 1. The largest absolute Gasteiger partial charge is 0.508 e. The minimum atomic E-state index is -0.708. The van der Waals surface area contributed by atoms with Gasteiger partial charge in [0.1, 0.15) is 22.7 Å². The van der Waals surface area contributed by atoms with E-state index in [4.69, 9.17) is 0 Å². The molecule has 0 saturated heterocycles. The molecule has 3 rings (SSSR count). The van der Waals surface area contributed by atoms with Gasteiger partial charge in [-0.1, -0.05) is 12.1 Å². The molecule has 0 saturated carbocycles. The number of phenolic OH excluding ortho intramolecular Hbond substituents is 1. The fraction of sp³-hybridized carbons (Fsp3) is 0.294. The third-order valence-corrected chi connectivity index (χ3v) is 5.15. The van der Waals surface area contributed by atoms with E-state index in [9.17, 15) is 10.2 Å². The first-order valence-corrected chi connectivity index (χ1v) is 8.23. The van der Waals surface area contributed by atoms with Gasteiger partial charge in [0, 0.05) is 4.88 Å². The fourth-order valence-corrected chi connectivity index (χ4v) is 3.54. The van der Waals surface area contributed by atoms with E-state index in [0.717, 1.165) is 21.6 Å². The number of aliphatic hydroxyl groups excluding tert-OH is 1. The zero-order valence-electron chi connectivity index (χ0n) is 13.2. The average Bonchev–Trinajstić information content (AvgIpc) is 2.83. The minimum Gasteiger partial charge on any atom is -0.508 e. The van der Waals surface area contributed by atoms with Crippen LogP contribution >= 0.6 is 11.3 Å². The van der Waals surface area contributed by atoms with Crippen molar-refractivity contribution < 1.29 is 10.2 Å². The van der Waals surface area contributed by atoms with Gasteiger partial charge in [-0.05, 0) is 44.0 Å². The summed E-state index contributed by atoms with van der Waals surface area (Å²) in [5.41, 5.74) is 1.91. The molecule has 2 heterocycles. The zero-order chi connectivity index (χ0) is 16.6. The first-order valence-electron chi connectivity index (χ1n) is 7.41. The van der Waals surface area contributed by atoms with E-state index in [1.807, 2.05) is 6.92 Å². The fourth-order valence-electron chi connectivity index (χ4n) is 2.55. The number of hydrogen-bond donors (Lipinski definition) is 3. The molecule has 0 aliphatic carbocycles. The summed E-state index contributed by atoms with van der Waals surface area (Å²) in [6.45, 7) is 6.03. The molecule has 0 spiro atoms. The number of fused-ring (bicyclic) bond motifs is 1. The molecule has 2 unspecified atom stereocenters. The van der Waals surface area contributed by atoms with Gasteiger partial charge in [-0.2, -0.15) is 0 Å². The molecule has 0 fully saturated rings. The van der Waals surface area contributed by atoms with Crippen molar-refractivity contribution >= 4 is 27.4 Å². The highest BCUT2D eigenvalue weighted by Crippen LogP contribution is 2.33. The summed E-state index contributed by atoms with van der Waals surface area (Å²) in [4.78, 5) is 10.8. The lowest BCUT2D eigenvalue weighted by Crippen LogP contribution is -2.24. The predicted octanol–water partition coefficient (Wildman–Crippen LogP) is 3.55. The van der Waals surface area contributed by atoms with Crippen LogP contribution in [-0.2, 0) is 0 Å². The van der Waals surface area contributed by atoms with Crippen LogP contribution in [0.2, 0.25) is 0 Å². The Morgan fingerprint density at radius 2 is 1.83 bits per heavy atom. The molecule has 1 aromatic carbocycles. The standard InChI is InChI=1S/C17H19N3O2S/c1-9-11(3)23-17-14(9)16(18-8-19-17)20-10(2)15(22)12-4-6-13(21)7-5-12/h4-8,10,15,21-22H,1-3H3,(H,18,19,20). The van der Waals surface area contributed by atoms with Gasteiger partial charge in [0.05, 0.1) is 17.5 Å². The first-order chi connectivity index (χ1) is 11.0. The summed E-state index contributed by atoms with van der Waals surface area (Å²) in [6, 6.07) is 6.33. The number of anilines is 1. The molecule has 0 amide bonds. The number of aromatic hydroxyl groups is 1. The topological polar surface area (TPSA) is 78.3 Å². The Labute approximate surface area is 138 Å². The summed E-state index contributed by atoms with van der Waals surface area (Å²) in [6.07, 6.45) is 0.834. The molecule has 5 nitrogen and oxygen atoms in total. The van der Waals surface area contributed by atoms with Crippen LogP contribution in [0, 0.1) is 13.8 Å². The van der Waals surface area contributed by atoms with E-state index in [-0.39, 0.29) is 11.8 Å². The van der Waals surface area contributed by atoms with Crippen LogP contribution in [0.1, 0.15) is 29.0 Å². The maximum Gasteiger partial charge on any atom is 0.138 e. The van der Waals surface area contributed by atoms with Crippen molar-refractivity contribution in [3.05, 3.63) is 46.6 Å². The van der Waals surface area contributed by atoms with Gasteiger partial charge in [0.2, 0.25) is 0 Å². The molecule has 2 aromatic heterocycles. The number of rotatable bonds is 4. The SMILES string of the molecule is Cc1sc2ncnc(NC(C)C(O)c3ccc(O)cc3)c2c1C. The third-order valence-electron chi connectivity index (χ3n) is 4.04. The molecule has 0 radical (unpaired) electrons. The lowest BCUT2D eigenvalue weighted by Gasteiger charge is -2.21. The Balaban J connectivity index is 1.88. The highest BCUT2D eigenvalue weighted by Gasteiger charge is 2.19. The second-order valence-electron chi connectivity index (χ2n) is 5.66. The highest BCUT2D eigenvalue weighted by atomic mass is 32.1. The summed E-state index contributed by atoms with van der Waals surface area (Å²) in [5, 5.41) is 24.2. The Morgan fingerprint density at radius 1 is 1.13 bits per heavy atom. The van der Waals surface area contributed by atoms with E-state index < -0.39 is 6.10 Å². The Hall–Kier alpha value is -2.18. The van der Waals surface area contributed by atoms with Crippen molar-refractivity contribution in [3.63, 3.8) is 0 Å². The van der Waals surface area contributed by atoms with Crippen LogP contribution < -0.4 is 5.32 Å². The second-order valence-corrected chi connectivity index (χ2v) is 6.86. The van der Waals surface area contributed by atoms with Crippen molar-refractivity contribution in [1.82, 2.24) is 9.97 Å². The van der Waals surface area contributed by atoms with Crippen LogP contribution in [0.25, 0.3) is 10.2 Å². The Morgan fingerprint density at radius 3 is 2.52 bits per heavy atom. The zero-order valence-corrected chi connectivity index (χ0v) is 14.1. The summed E-state index contributed by atoms with van der Waals surface area (Å²) >= 11 is 1.64. The quantitative estimate of drug-likeness (QED) is 0.682. The van der Waals surface area contributed by atoms with E-state index in [1.54, 1.807) is 41.9 Å². The Bertz CT molecular complexity index is 830. The van der Waals surface area contributed by atoms with Gasteiger partial charge >= 0.3 is 0 Å². The molecule has 0 aliphatic heterocycles. The maximum atomic E-state index is 10.5. The third kappa shape index (κ3) is 3.00. The number of aliphatic hydroxyl groups is 1. The molecule has 0 aliphatic rings. The van der Waals surface area contributed by atoms with Crippen molar-refractivity contribution in [3.8, 4) is 5.75 Å². The lowest BCUT2D eigenvalue weighted by atomic mass is 10.0. The summed E-state index contributed by atoms with van der Waals surface area (Å²) in [5.74, 6) is 0.922. The van der Waals surface area contributed by atoms with Crippen LogP contribution in [0.4, 0.5) is 5.82 Å². The number of nitrogens with zero attached hydrogens (tertiary/aromatic N) is 2. The minimum absolute atomic E-state index is 0.184. The Kier molecular flexibility index (Phi) is 4.19. The molecule has 2 atom stereocenters. The summed E-state index contributed by atoms with van der Waals surface area (Å²) in [7, 11) is 0. The molecular formula is C17H19N3O2S. The normalized spacial score (nSPS) is 13.9. The van der Waals surface area contributed by atoms with Gasteiger partial charge in [-0.15, -0.1) is 11.3 Å². The number of thiophene rings is 1. The summed E-state index contributed by atoms with van der Waals surface area (Å²) < 4.78 is 0. The van der Waals surface area contributed by atoms with E-state index in [2.05, 4.69) is 29.1 Å². The number of benzene rings is 1. The van der Waals surface area contributed by atoms with Crippen LogP contribution in [-0.4, -0.2) is 26.2 Å². The van der Waals surface area contributed by atoms with Gasteiger partial charge in [-0.3, -0.25) is 0 Å². The predicted molar refractivity (Wildman–Crippen MR) is 93.0 cm³/mol. The molecule has 23 heavy (non-hydrogen) atoms. The highest BCUT2D eigenvalue weighted by molar-refractivity contribution is 7.18. The number of aromatic nitrogens is 2. The van der Waals surface area contributed by atoms with Crippen LogP contribution in [0.15, 0.2) is 30.6 Å². The van der Waals surface area contributed by atoms with E-state index in [1.165, 1.54) is 10.4 Å². The van der Waals surface area contributed by atoms with Crippen LogP contribution in [0.5, 0.6) is 5.75 Å². The van der Waals surface area contributed by atoms with Crippen molar-refractivity contribution in [2.24, 2.45) is 0 Å². The maximum absolute atomic E-state index is 10.5. The van der Waals surface area contributed by atoms with Gasteiger partial charge in [-0.25, -0.2) is 9.97 Å². The van der Waals surface area contributed by atoms with Crippen LogP contribution in [0.3, 0.4) is 0 Å². The average molecular weight is 329 g/mol. The van der Waals surface area contributed by atoms with Gasteiger partial charge < -0.3 is 15.5 Å². The number of phenols is 1. The molecule has 6 heteroatoms. The van der Waals surface area contributed by atoms with Gasteiger partial charge in [0.15, 0.2) is 0 Å². The molecule has 0 bridgehead atoms. The number of aryl methyl sites for hydroxylation is 2. The molecular weight excluding hydrogens is 310 g/mol. The van der Waals surface area contributed by atoms with Crippen molar-refractivity contribution in [1.29, 1.82) is 0 Å².